The number of hydrogen-bond donors (Lipinski definition) is 1. The lowest BCUT2D eigenvalue weighted by Gasteiger charge is -2.25. The molecule has 0 spiro atoms. The Balaban J connectivity index is 1.90. The average Bonchev–Trinajstić information content (AvgIpc) is 2.86. The van der Waals surface area contributed by atoms with Gasteiger partial charge in [-0.25, -0.2) is 13.8 Å². The first-order valence-electron chi connectivity index (χ1n) is 10.4. The van der Waals surface area contributed by atoms with Crippen LogP contribution in [0, 0.1) is 17.0 Å². The summed E-state index contributed by atoms with van der Waals surface area (Å²) < 4.78 is 33.3. The minimum atomic E-state index is -4.12. The molecule has 0 unspecified atom stereocenters. The van der Waals surface area contributed by atoms with Gasteiger partial charge in [0.2, 0.25) is 0 Å². The first-order valence-corrected chi connectivity index (χ1v) is 11.9. The quantitative estimate of drug-likeness (QED) is 0.273. The van der Waals surface area contributed by atoms with Gasteiger partial charge in [0.15, 0.2) is 0 Å². The summed E-state index contributed by atoms with van der Waals surface area (Å²) in [6, 6.07) is 18.5. The summed E-state index contributed by atoms with van der Waals surface area (Å²) in [4.78, 5) is 23.1. The van der Waals surface area contributed by atoms with Crippen molar-refractivity contribution in [1.29, 1.82) is 0 Å². The van der Waals surface area contributed by atoms with Crippen molar-refractivity contribution in [2.45, 2.75) is 18.7 Å². The largest absolute Gasteiger partial charge is 0.495 e. The van der Waals surface area contributed by atoms with Crippen molar-refractivity contribution in [2.24, 2.45) is 5.10 Å². The molecule has 35 heavy (non-hydrogen) atoms. The zero-order valence-electron chi connectivity index (χ0n) is 19.3. The van der Waals surface area contributed by atoms with Gasteiger partial charge in [0.25, 0.3) is 21.6 Å². The van der Waals surface area contributed by atoms with Crippen LogP contribution in [0.3, 0.4) is 0 Å². The summed E-state index contributed by atoms with van der Waals surface area (Å²) in [6.45, 7) is 2.85. The molecule has 0 bridgehead atoms. The van der Waals surface area contributed by atoms with Crippen LogP contribution in [-0.4, -0.2) is 38.6 Å². The Hall–Kier alpha value is -4.25. The molecule has 1 N–H and O–H groups in total. The van der Waals surface area contributed by atoms with Crippen LogP contribution >= 0.6 is 0 Å². The number of hydrogen-bond acceptors (Lipinski definition) is 7. The van der Waals surface area contributed by atoms with E-state index >= 15 is 0 Å². The molecule has 0 heterocycles. The number of sulfonamides is 1. The molecule has 0 atom stereocenters. The molecular formula is C24H24N4O6S. The van der Waals surface area contributed by atoms with Gasteiger partial charge in [-0.3, -0.25) is 19.2 Å². The number of benzene rings is 3. The number of nitrogens with one attached hydrogen (secondary N) is 1. The number of methoxy groups -OCH3 is 1. The van der Waals surface area contributed by atoms with Crippen molar-refractivity contribution in [2.75, 3.05) is 18.0 Å². The molecule has 11 heteroatoms. The Morgan fingerprint density at radius 3 is 2.34 bits per heavy atom. The summed E-state index contributed by atoms with van der Waals surface area (Å²) in [5.74, 6) is -0.400. The minimum absolute atomic E-state index is 0.0157. The van der Waals surface area contributed by atoms with Crippen LogP contribution in [0.1, 0.15) is 18.1 Å². The zero-order valence-corrected chi connectivity index (χ0v) is 20.2. The maximum absolute atomic E-state index is 13.5. The molecule has 0 saturated carbocycles. The fourth-order valence-electron chi connectivity index (χ4n) is 3.22. The van der Waals surface area contributed by atoms with Crippen LogP contribution in [-0.2, 0) is 14.8 Å². The number of anilines is 1. The fraction of sp³-hybridized carbons (Fsp3) is 0.167. The number of nitro benzene ring substituents is 1. The van der Waals surface area contributed by atoms with Gasteiger partial charge in [0.05, 0.1) is 28.3 Å². The summed E-state index contributed by atoms with van der Waals surface area (Å²) in [6.07, 6.45) is 0. The van der Waals surface area contributed by atoms with E-state index in [4.69, 9.17) is 4.74 Å². The van der Waals surface area contributed by atoms with Crippen LogP contribution in [0.15, 0.2) is 82.8 Å². The number of nitro groups is 1. The van der Waals surface area contributed by atoms with E-state index in [0.29, 0.717) is 11.3 Å². The van der Waals surface area contributed by atoms with E-state index in [1.54, 1.807) is 50.2 Å². The highest BCUT2D eigenvalue weighted by molar-refractivity contribution is 7.92. The molecule has 0 aliphatic carbocycles. The number of rotatable bonds is 9. The SMILES string of the molecule is COc1ccc(C)cc1N(CC(=O)N/N=C(/C)c1ccc([N+](=O)[O-])cc1)S(=O)(=O)c1ccccc1. The number of carbonyl (C=O) groups is 1. The number of nitrogens with zero attached hydrogens (tertiary/aromatic N) is 3. The number of hydrazone groups is 1. The molecule has 0 aromatic heterocycles. The van der Waals surface area contributed by atoms with Gasteiger partial charge in [0.1, 0.15) is 12.3 Å². The minimum Gasteiger partial charge on any atom is -0.495 e. The summed E-state index contributed by atoms with van der Waals surface area (Å²) >= 11 is 0. The second-order valence-electron chi connectivity index (χ2n) is 7.54. The second-order valence-corrected chi connectivity index (χ2v) is 9.40. The van der Waals surface area contributed by atoms with Crippen LogP contribution < -0.4 is 14.5 Å². The van der Waals surface area contributed by atoms with Crippen LogP contribution in [0.25, 0.3) is 0 Å². The van der Waals surface area contributed by atoms with Crippen LogP contribution in [0.4, 0.5) is 11.4 Å². The monoisotopic (exact) mass is 496 g/mol. The third kappa shape index (κ3) is 6.01. The third-order valence-corrected chi connectivity index (χ3v) is 6.84. The maximum atomic E-state index is 13.5. The van der Waals surface area contributed by atoms with Crippen LogP contribution in [0.5, 0.6) is 5.75 Å². The lowest BCUT2D eigenvalue weighted by molar-refractivity contribution is -0.384. The lowest BCUT2D eigenvalue weighted by atomic mass is 10.1. The normalized spacial score (nSPS) is 11.6. The predicted octanol–water partition coefficient (Wildman–Crippen LogP) is 3.65. The number of carbonyl (C=O) groups excluding carboxylic acids is 1. The van der Waals surface area contributed by atoms with Gasteiger partial charge in [-0.05, 0) is 61.4 Å². The van der Waals surface area contributed by atoms with Gasteiger partial charge < -0.3 is 4.74 Å². The van der Waals surface area contributed by atoms with Crippen molar-refractivity contribution in [3.05, 3.63) is 94.0 Å². The fourth-order valence-corrected chi connectivity index (χ4v) is 4.66. The summed E-state index contributed by atoms with van der Waals surface area (Å²) in [5, 5.41) is 14.8. The number of aryl methyl sites for hydroxylation is 1. The van der Waals surface area contributed by atoms with Crippen molar-refractivity contribution >= 4 is 33.0 Å². The summed E-state index contributed by atoms with van der Waals surface area (Å²) in [5.41, 5.74) is 4.23. The topological polar surface area (TPSA) is 131 Å². The van der Waals surface area contributed by atoms with Gasteiger partial charge in [-0.1, -0.05) is 24.3 Å². The second kappa shape index (κ2) is 10.8. The van der Waals surface area contributed by atoms with E-state index in [2.05, 4.69) is 10.5 Å². The highest BCUT2D eigenvalue weighted by Gasteiger charge is 2.29. The van der Waals surface area contributed by atoms with E-state index in [1.807, 2.05) is 0 Å². The van der Waals surface area contributed by atoms with Crippen molar-refractivity contribution in [3.8, 4) is 5.75 Å². The molecule has 0 radical (unpaired) electrons. The van der Waals surface area contributed by atoms with E-state index in [0.717, 1.165) is 9.87 Å². The molecule has 182 valence electrons. The molecule has 0 aliphatic heterocycles. The molecule has 0 aliphatic rings. The first-order chi connectivity index (χ1) is 16.6. The molecule has 0 saturated heterocycles. The highest BCUT2D eigenvalue weighted by Crippen LogP contribution is 2.33. The molecule has 10 nitrogen and oxygen atoms in total. The molecule has 3 rings (SSSR count). The number of ether oxygens (including phenoxy) is 1. The molecular weight excluding hydrogens is 472 g/mol. The Labute approximate surface area is 203 Å². The van der Waals surface area contributed by atoms with E-state index in [-0.39, 0.29) is 22.0 Å². The first kappa shape index (κ1) is 25.4. The molecule has 1 amide bonds. The standard InChI is InChI=1S/C24H24N4O6S/c1-17-9-14-23(34-3)22(15-17)27(35(32,33)21-7-5-4-6-8-21)16-24(29)26-25-18(2)19-10-12-20(13-11-19)28(30)31/h4-15H,16H2,1-3H3,(H,26,29)/b25-18-. The highest BCUT2D eigenvalue weighted by atomic mass is 32.2. The van der Waals surface area contributed by atoms with Crippen LogP contribution in [0.2, 0.25) is 0 Å². The van der Waals surface area contributed by atoms with Gasteiger partial charge in [-0.15, -0.1) is 0 Å². The lowest BCUT2D eigenvalue weighted by Crippen LogP contribution is -2.40. The Morgan fingerprint density at radius 1 is 1.09 bits per heavy atom. The number of non-ortho nitro benzene ring substituents is 1. The van der Waals surface area contributed by atoms with Gasteiger partial charge >= 0.3 is 0 Å². The Kier molecular flexibility index (Phi) is 7.82. The Morgan fingerprint density at radius 2 is 1.74 bits per heavy atom. The zero-order chi connectivity index (χ0) is 25.6. The van der Waals surface area contributed by atoms with Gasteiger partial charge in [0, 0.05) is 12.1 Å². The predicted molar refractivity (Wildman–Crippen MR) is 132 cm³/mol. The van der Waals surface area contributed by atoms with E-state index in [9.17, 15) is 23.3 Å². The van der Waals surface area contributed by atoms with E-state index < -0.39 is 27.4 Å². The molecule has 3 aromatic carbocycles. The maximum Gasteiger partial charge on any atom is 0.269 e. The Bertz CT molecular complexity index is 1360. The van der Waals surface area contributed by atoms with Crippen molar-refractivity contribution < 1.29 is 22.9 Å². The van der Waals surface area contributed by atoms with E-state index in [1.165, 1.54) is 43.5 Å². The molecule has 3 aromatic rings. The van der Waals surface area contributed by atoms with Gasteiger partial charge in [-0.2, -0.15) is 5.10 Å². The smallest absolute Gasteiger partial charge is 0.269 e. The summed E-state index contributed by atoms with van der Waals surface area (Å²) in [7, 11) is -2.71. The molecule has 0 fully saturated rings. The van der Waals surface area contributed by atoms with Crippen molar-refractivity contribution in [3.63, 3.8) is 0 Å². The van der Waals surface area contributed by atoms with Crippen molar-refractivity contribution in [1.82, 2.24) is 5.43 Å². The third-order valence-electron chi connectivity index (χ3n) is 5.07. The number of amides is 1. The average molecular weight is 497 g/mol.